The molecule has 0 rings (SSSR count). The van der Waals surface area contributed by atoms with Gasteiger partial charge in [0.05, 0.1) is 0 Å². The van der Waals surface area contributed by atoms with E-state index in [1.165, 1.54) is 0 Å². The lowest BCUT2D eigenvalue weighted by atomic mass is 10.0. The zero-order valence-electron chi connectivity index (χ0n) is 30.5. The van der Waals surface area contributed by atoms with Crippen LogP contribution in [0.15, 0.2) is 0 Å². The molecule has 11 N–H and O–H groups in total. The molecule has 0 radical (unpaired) electrons. The number of carbonyl (C=O) groups is 9. The van der Waals surface area contributed by atoms with Gasteiger partial charge in [-0.3, -0.25) is 24.0 Å². The molecule has 0 aliphatic heterocycles. The van der Waals surface area contributed by atoms with E-state index >= 15 is 0 Å². The Kier molecular flexibility index (Phi) is 26.9. The van der Waals surface area contributed by atoms with Gasteiger partial charge in [-0.15, -0.1) is 0 Å². The first-order valence-electron chi connectivity index (χ1n) is 18.2. The summed E-state index contributed by atoms with van der Waals surface area (Å²) >= 11 is 0. The summed E-state index contributed by atoms with van der Waals surface area (Å²) in [7, 11) is 0. The number of carbonyl (C=O) groups excluding carboxylic acids is 4. The third kappa shape index (κ3) is 26.0. The number of hydrogen-bond acceptors (Lipinski definition) is 11. The molecule has 0 aromatic carbocycles. The standard InChI is InChI=1S/C34H57N5O15/c40-26(13-9-7-5-3-1-2-4-6-8-10-14-30(44)45)37-23(32(48)49)15-19-28(42)39-25(34(52)53)17-20-29(43)38-24(33(50)51)16-18-27(41)36-22(31(46)47)12-11-21-35-54/h22-25,35,54H,1-21H2,(H,36,41)(H,37,40)(H,38,43)(H,39,42)(H,44,45)(H,46,47)(H,48,49)(H,50,51)(H,52,53)/t22-,23-,24-,25-/m0/s1. The molecule has 0 saturated carbocycles. The number of hydroxylamine groups is 1. The van der Waals surface area contributed by atoms with Gasteiger partial charge in [-0.2, -0.15) is 0 Å². The first kappa shape index (κ1) is 49.1. The molecule has 20 nitrogen and oxygen atoms in total. The number of amides is 4. The lowest BCUT2D eigenvalue weighted by Gasteiger charge is -2.18. The second-order valence-corrected chi connectivity index (χ2v) is 12.9. The number of nitrogens with one attached hydrogen (secondary N) is 5. The number of carboxylic acids is 5. The Morgan fingerprint density at radius 1 is 0.352 bits per heavy atom. The fourth-order valence-corrected chi connectivity index (χ4v) is 5.28. The van der Waals surface area contributed by atoms with Crippen molar-refractivity contribution in [3.8, 4) is 0 Å². The molecule has 0 unspecified atom stereocenters. The highest BCUT2D eigenvalue weighted by atomic mass is 16.5. The molecule has 4 amide bonds. The van der Waals surface area contributed by atoms with Gasteiger partial charge in [0.2, 0.25) is 23.6 Å². The molecule has 0 aliphatic rings. The fourth-order valence-electron chi connectivity index (χ4n) is 5.28. The summed E-state index contributed by atoms with van der Waals surface area (Å²) in [6, 6.07) is -5.85. The highest BCUT2D eigenvalue weighted by Crippen LogP contribution is 2.12. The van der Waals surface area contributed by atoms with Crippen molar-refractivity contribution in [1.29, 1.82) is 0 Å². The van der Waals surface area contributed by atoms with Crippen molar-refractivity contribution in [3.63, 3.8) is 0 Å². The minimum absolute atomic E-state index is 0.0176. The summed E-state index contributed by atoms with van der Waals surface area (Å²) in [5.41, 5.74) is 1.85. The maximum Gasteiger partial charge on any atom is 0.326 e. The Morgan fingerprint density at radius 2 is 0.630 bits per heavy atom. The number of aliphatic carboxylic acids is 5. The van der Waals surface area contributed by atoms with Crippen LogP contribution in [0.4, 0.5) is 0 Å². The molecule has 0 aromatic heterocycles. The Hall–Kier alpha value is -4.85. The van der Waals surface area contributed by atoms with Crippen LogP contribution in [-0.2, 0) is 43.2 Å². The second kappa shape index (κ2) is 29.6. The van der Waals surface area contributed by atoms with E-state index in [1.807, 2.05) is 5.48 Å². The highest BCUT2D eigenvalue weighted by Gasteiger charge is 2.27. The number of unbranched alkanes of at least 4 members (excludes halogenated alkanes) is 9. The molecule has 0 spiro atoms. The second-order valence-electron chi connectivity index (χ2n) is 12.9. The first-order valence-corrected chi connectivity index (χ1v) is 18.2. The maximum absolute atomic E-state index is 12.5. The van der Waals surface area contributed by atoms with Crippen LogP contribution in [-0.4, -0.2) is 115 Å². The molecular weight excluding hydrogens is 718 g/mol. The molecule has 308 valence electrons. The van der Waals surface area contributed by atoms with Crippen LogP contribution in [0.3, 0.4) is 0 Å². The van der Waals surface area contributed by atoms with E-state index < -0.39 is 110 Å². The molecule has 20 heteroatoms. The fraction of sp³-hybridized carbons (Fsp3) is 0.735. The molecular formula is C34H57N5O15. The lowest BCUT2D eigenvalue weighted by Crippen LogP contribution is -2.45. The van der Waals surface area contributed by atoms with Crippen molar-refractivity contribution in [2.75, 3.05) is 6.54 Å². The van der Waals surface area contributed by atoms with Gasteiger partial charge in [0.25, 0.3) is 0 Å². The third-order valence-electron chi connectivity index (χ3n) is 8.34. The summed E-state index contributed by atoms with van der Waals surface area (Å²) in [6.07, 6.45) is 6.70. The molecule has 4 atom stereocenters. The van der Waals surface area contributed by atoms with E-state index in [0.717, 1.165) is 51.4 Å². The SMILES string of the molecule is O=C(O)CCCCCCCCCCCCC(=O)N[C@@H](CCC(=O)N[C@@H](CCC(=O)N[C@@H](CCC(=O)N[C@@H](CCCNO)C(=O)O)C(=O)O)C(=O)O)C(=O)O. The topological polar surface area (TPSA) is 335 Å². The van der Waals surface area contributed by atoms with Gasteiger partial charge in [-0.25, -0.2) is 24.7 Å². The van der Waals surface area contributed by atoms with Crippen LogP contribution in [0.5, 0.6) is 0 Å². The van der Waals surface area contributed by atoms with Gasteiger partial charge in [0, 0.05) is 38.6 Å². The van der Waals surface area contributed by atoms with Gasteiger partial charge in [-0.1, -0.05) is 51.4 Å². The molecule has 0 saturated heterocycles. The van der Waals surface area contributed by atoms with E-state index in [9.17, 15) is 63.6 Å². The number of hydrogen-bond donors (Lipinski definition) is 11. The predicted octanol–water partition coefficient (Wildman–Crippen LogP) is 1.13. The lowest BCUT2D eigenvalue weighted by molar-refractivity contribution is -0.144. The van der Waals surface area contributed by atoms with Crippen LogP contribution in [0, 0.1) is 0 Å². The average Bonchev–Trinajstić information content (AvgIpc) is 3.09. The van der Waals surface area contributed by atoms with E-state index in [2.05, 4.69) is 21.3 Å². The van der Waals surface area contributed by atoms with Gasteiger partial charge in [-0.05, 0) is 44.9 Å². The Morgan fingerprint density at radius 3 is 0.926 bits per heavy atom. The number of rotatable bonds is 34. The maximum atomic E-state index is 12.5. The van der Waals surface area contributed by atoms with E-state index in [1.54, 1.807) is 0 Å². The van der Waals surface area contributed by atoms with Crippen LogP contribution in [0.2, 0.25) is 0 Å². The molecule has 0 aliphatic carbocycles. The van der Waals surface area contributed by atoms with Crippen LogP contribution in [0.25, 0.3) is 0 Å². The summed E-state index contributed by atoms with van der Waals surface area (Å²) in [4.78, 5) is 106. The largest absolute Gasteiger partial charge is 0.481 e. The normalized spacial score (nSPS) is 13.1. The van der Waals surface area contributed by atoms with Crippen molar-refractivity contribution in [3.05, 3.63) is 0 Å². The minimum Gasteiger partial charge on any atom is -0.481 e. The van der Waals surface area contributed by atoms with Crippen molar-refractivity contribution >= 4 is 53.5 Å². The van der Waals surface area contributed by atoms with E-state index in [4.69, 9.17) is 10.3 Å². The Balaban J connectivity index is 4.60. The van der Waals surface area contributed by atoms with Crippen molar-refractivity contribution in [2.24, 2.45) is 0 Å². The molecule has 0 fully saturated rings. The smallest absolute Gasteiger partial charge is 0.326 e. The van der Waals surface area contributed by atoms with Gasteiger partial charge in [0.15, 0.2) is 0 Å². The predicted molar refractivity (Wildman–Crippen MR) is 188 cm³/mol. The zero-order chi connectivity index (χ0) is 40.9. The van der Waals surface area contributed by atoms with Crippen LogP contribution >= 0.6 is 0 Å². The summed E-state index contributed by atoms with van der Waals surface area (Å²) in [5, 5.41) is 63.9. The minimum atomic E-state index is -1.59. The molecule has 54 heavy (non-hydrogen) atoms. The van der Waals surface area contributed by atoms with Crippen molar-refractivity contribution in [1.82, 2.24) is 26.7 Å². The van der Waals surface area contributed by atoms with E-state index in [0.29, 0.717) is 12.8 Å². The van der Waals surface area contributed by atoms with Crippen molar-refractivity contribution in [2.45, 2.75) is 153 Å². The molecule has 0 heterocycles. The Labute approximate surface area is 313 Å². The quantitative estimate of drug-likeness (QED) is 0.0322. The first-order chi connectivity index (χ1) is 25.6. The van der Waals surface area contributed by atoms with E-state index in [-0.39, 0.29) is 38.6 Å². The highest BCUT2D eigenvalue weighted by molar-refractivity contribution is 5.88. The monoisotopic (exact) mass is 775 g/mol. The van der Waals surface area contributed by atoms with Crippen molar-refractivity contribution < 1.29 is 73.9 Å². The molecule has 0 aromatic rings. The van der Waals surface area contributed by atoms with Gasteiger partial charge in [0.1, 0.15) is 24.2 Å². The zero-order valence-corrected chi connectivity index (χ0v) is 30.5. The summed E-state index contributed by atoms with van der Waals surface area (Å²) < 4.78 is 0. The summed E-state index contributed by atoms with van der Waals surface area (Å²) in [5.74, 6) is -9.58. The van der Waals surface area contributed by atoms with Gasteiger partial charge < -0.3 is 52.0 Å². The average molecular weight is 776 g/mol. The summed E-state index contributed by atoms with van der Waals surface area (Å²) in [6.45, 7) is 0.0790. The van der Waals surface area contributed by atoms with Gasteiger partial charge >= 0.3 is 29.8 Å². The Bertz CT molecular complexity index is 1230. The third-order valence-corrected chi connectivity index (χ3v) is 8.34. The number of carboxylic acid groups (broad SMARTS) is 5. The van der Waals surface area contributed by atoms with Crippen LogP contribution in [0.1, 0.15) is 128 Å². The molecule has 0 bridgehead atoms. The van der Waals surface area contributed by atoms with Crippen LogP contribution < -0.4 is 26.7 Å².